The summed E-state index contributed by atoms with van der Waals surface area (Å²) in [4.78, 5) is 4.38. The Morgan fingerprint density at radius 2 is 1.89 bits per heavy atom. The van der Waals surface area contributed by atoms with Crippen LogP contribution in [0.1, 0.15) is 5.56 Å². The Kier molecular flexibility index (Phi) is 3.67. The van der Waals surface area contributed by atoms with Gasteiger partial charge in [0.15, 0.2) is 5.58 Å². The maximum atomic E-state index is 9.74. The molecule has 0 aliphatic heterocycles. The molecule has 0 unspecified atom stereocenters. The first kappa shape index (κ1) is 13.0. The van der Waals surface area contributed by atoms with Crippen LogP contribution < -0.4 is 0 Å². The van der Waals surface area contributed by atoms with Crippen LogP contribution in [0.15, 0.2) is 46.9 Å². The number of rotatable bonds is 1. The topological polar surface area (TPSA) is 46.3 Å². The number of phenolic OH excluding ortho intramolecular Hbond substituents is 1. The molecule has 0 fully saturated rings. The monoisotopic (exact) mass is 315 g/mol. The molecule has 0 saturated carbocycles. The van der Waals surface area contributed by atoms with Crippen LogP contribution in [-0.2, 0) is 26.2 Å². The Bertz CT molecular complexity index is 691. The summed E-state index contributed by atoms with van der Waals surface area (Å²) in [5, 5.41) is 9.74. The number of hydrogen-bond donors (Lipinski definition) is 1. The van der Waals surface area contributed by atoms with Gasteiger partial charge in [-0.15, -0.1) is 0 Å². The van der Waals surface area contributed by atoms with Gasteiger partial charge in [0.05, 0.1) is 5.56 Å². The molecule has 4 heteroatoms. The average Bonchev–Trinajstić information content (AvgIpc) is 2.72. The van der Waals surface area contributed by atoms with Crippen LogP contribution in [0.2, 0.25) is 0 Å². The van der Waals surface area contributed by atoms with Gasteiger partial charge in [-0.25, -0.2) is 4.98 Å². The molecule has 0 spiro atoms. The Labute approximate surface area is 124 Å². The van der Waals surface area contributed by atoms with E-state index in [2.05, 4.69) is 4.98 Å². The third-order valence-corrected chi connectivity index (χ3v) is 2.68. The smallest absolute Gasteiger partial charge is 0.231 e. The Hall–Kier alpha value is -1.41. The zero-order chi connectivity index (χ0) is 11.8. The third kappa shape index (κ3) is 2.25. The number of aromatic hydroxyl groups is 1. The Morgan fingerprint density at radius 3 is 2.67 bits per heavy atom. The van der Waals surface area contributed by atoms with Gasteiger partial charge in [-0.05, 0) is 36.8 Å². The first-order valence-electron chi connectivity index (χ1n) is 5.39. The molecule has 3 aromatic rings. The first-order chi connectivity index (χ1) is 8.24. The van der Waals surface area contributed by atoms with E-state index in [9.17, 15) is 5.11 Å². The van der Waals surface area contributed by atoms with E-state index >= 15 is 0 Å². The third-order valence-electron chi connectivity index (χ3n) is 2.68. The van der Waals surface area contributed by atoms with E-state index in [0.717, 1.165) is 16.7 Å². The molecular formula is C14H11NO2Zr. The van der Waals surface area contributed by atoms with E-state index in [0.29, 0.717) is 11.5 Å². The molecule has 1 N–H and O–H groups in total. The summed E-state index contributed by atoms with van der Waals surface area (Å²) >= 11 is 0. The fourth-order valence-electron chi connectivity index (χ4n) is 1.81. The molecule has 1 heterocycles. The molecule has 2 aromatic carbocycles. The maximum absolute atomic E-state index is 9.74. The normalized spacial score (nSPS) is 10.3. The second kappa shape index (κ2) is 5.07. The second-order valence-corrected chi connectivity index (χ2v) is 4.01. The number of aromatic nitrogens is 1. The standard InChI is InChI=1S/C14H11NO2.Zr/c1-9-6-7-13-11(8-9)15-14(17-13)10-4-2-3-5-12(10)16;/h2-8,16H,1H3;. The van der Waals surface area contributed by atoms with Gasteiger partial charge in [-0.3, -0.25) is 0 Å². The van der Waals surface area contributed by atoms with Crippen LogP contribution in [0.4, 0.5) is 0 Å². The molecule has 1 aromatic heterocycles. The summed E-state index contributed by atoms with van der Waals surface area (Å²) in [6, 6.07) is 12.8. The summed E-state index contributed by atoms with van der Waals surface area (Å²) in [5.41, 5.74) is 3.29. The van der Waals surface area contributed by atoms with Gasteiger partial charge >= 0.3 is 0 Å². The van der Waals surface area contributed by atoms with Crippen LogP contribution in [0, 0.1) is 6.92 Å². The van der Waals surface area contributed by atoms with E-state index in [1.165, 1.54) is 0 Å². The largest absolute Gasteiger partial charge is 0.507 e. The maximum Gasteiger partial charge on any atom is 0.231 e. The van der Waals surface area contributed by atoms with E-state index in [4.69, 9.17) is 4.42 Å². The van der Waals surface area contributed by atoms with Crippen LogP contribution in [0.5, 0.6) is 5.75 Å². The molecule has 88 valence electrons. The predicted octanol–water partition coefficient (Wildman–Crippen LogP) is 3.51. The number of nitrogens with zero attached hydrogens (tertiary/aromatic N) is 1. The average molecular weight is 316 g/mol. The van der Waals surface area contributed by atoms with Crippen molar-refractivity contribution in [3.05, 3.63) is 48.0 Å². The van der Waals surface area contributed by atoms with E-state index < -0.39 is 0 Å². The number of oxazole rings is 1. The molecule has 0 saturated heterocycles. The van der Waals surface area contributed by atoms with Crippen molar-refractivity contribution in [3.63, 3.8) is 0 Å². The van der Waals surface area contributed by atoms with Crippen molar-refractivity contribution in [2.75, 3.05) is 0 Å². The molecule has 3 rings (SSSR count). The van der Waals surface area contributed by atoms with E-state index in [1.54, 1.807) is 18.2 Å². The molecule has 3 nitrogen and oxygen atoms in total. The second-order valence-electron chi connectivity index (χ2n) is 4.01. The number of benzene rings is 2. The van der Waals surface area contributed by atoms with Crippen molar-refractivity contribution in [1.82, 2.24) is 4.98 Å². The van der Waals surface area contributed by atoms with Crippen LogP contribution in [0.25, 0.3) is 22.6 Å². The predicted molar refractivity (Wildman–Crippen MR) is 65.8 cm³/mol. The summed E-state index contributed by atoms with van der Waals surface area (Å²) in [6.07, 6.45) is 0. The number of hydrogen-bond acceptors (Lipinski definition) is 3. The van der Waals surface area contributed by atoms with Crippen molar-refractivity contribution < 1.29 is 35.7 Å². The molecule has 0 atom stereocenters. The van der Waals surface area contributed by atoms with Gasteiger partial charge in [-0.2, -0.15) is 0 Å². The summed E-state index contributed by atoms with van der Waals surface area (Å²) in [6.45, 7) is 2.01. The number of phenols is 1. The van der Waals surface area contributed by atoms with Gasteiger partial charge in [0.25, 0.3) is 0 Å². The van der Waals surface area contributed by atoms with Gasteiger partial charge in [0.2, 0.25) is 5.89 Å². The minimum Gasteiger partial charge on any atom is -0.507 e. The fourth-order valence-corrected chi connectivity index (χ4v) is 1.81. The van der Waals surface area contributed by atoms with E-state index in [-0.39, 0.29) is 32.0 Å². The van der Waals surface area contributed by atoms with Crippen molar-refractivity contribution >= 4 is 11.1 Å². The van der Waals surface area contributed by atoms with Crippen LogP contribution in [0.3, 0.4) is 0 Å². The molecule has 18 heavy (non-hydrogen) atoms. The number of fused-ring (bicyclic) bond motifs is 1. The SMILES string of the molecule is Cc1ccc2oc(-c3ccccc3O)nc2c1.[Zr]. The Morgan fingerprint density at radius 1 is 1.11 bits per heavy atom. The van der Waals surface area contributed by atoms with E-state index in [1.807, 2.05) is 31.2 Å². The zero-order valence-electron chi connectivity index (χ0n) is 9.84. The molecule has 0 radical (unpaired) electrons. The quantitative estimate of drug-likeness (QED) is 0.747. The van der Waals surface area contributed by atoms with Crippen LogP contribution >= 0.6 is 0 Å². The van der Waals surface area contributed by atoms with Crippen molar-refractivity contribution in [2.24, 2.45) is 0 Å². The van der Waals surface area contributed by atoms with Gasteiger partial charge in [-0.1, -0.05) is 18.2 Å². The number of aryl methyl sites for hydroxylation is 1. The molecular weight excluding hydrogens is 305 g/mol. The summed E-state index contributed by atoms with van der Waals surface area (Å²) < 4.78 is 5.62. The summed E-state index contributed by atoms with van der Waals surface area (Å²) in [7, 11) is 0. The Balaban J connectivity index is 0.00000120. The fraction of sp³-hybridized carbons (Fsp3) is 0.0714. The minimum atomic E-state index is 0. The number of para-hydroxylation sites is 1. The molecule has 0 aliphatic rings. The van der Waals surface area contributed by atoms with Crippen molar-refractivity contribution in [3.8, 4) is 17.2 Å². The van der Waals surface area contributed by atoms with Gasteiger partial charge < -0.3 is 9.52 Å². The van der Waals surface area contributed by atoms with Crippen molar-refractivity contribution in [2.45, 2.75) is 6.92 Å². The molecule has 0 amide bonds. The van der Waals surface area contributed by atoms with Gasteiger partial charge in [0, 0.05) is 26.2 Å². The van der Waals surface area contributed by atoms with Crippen molar-refractivity contribution in [1.29, 1.82) is 0 Å². The summed E-state index contributed by atoms with van der Waals surface area (Å²) in [5.74, 6) is 0.625. The zero-order valence-corrected chi connectivity index (χ0v) is 12.3. The molecule has 0 aliphatic carbocycles. The first-order valence-corrected chi connectivity index (χ1v) is 5.39. The van der Waals surface area contributed by atoms with Gasteiger partial charge in [0.1, 0.15) is 11.3 Å². The molecule has 0 bridgehead atoms. The van der Waals surface area contributed by atoms with Crippen LogP contribution in [-0.4, -0.2) is 10.1 Å². The minimum absolute atomic E-state index is 0.